The minimum absolute atomic E-state index is 0.0765. The molecule has 4 nitrogen and oxygen atoms in total. The minimum atomic E-state index is -2.42. The van der Waals surface area contributed by atoms with Crippen LogP contribution in [0.3, 0.4) is 0 Å². The van der Waals surface area contributed by atoms with Gasteiger partial charge in [0.15, 0.2) is 0 Å². The second kappa shape index (κ2) is 9.95. The molecular weight excluding hydrogens is 437 g/mol. The summed E-state index contributed by atoms with van der Waals surface area (Å²) in [5.41, 5.74) is 0.584. The molecule has 0 radical (unpaired) electrons. The van der Waals surface area contributed by atoms with Crippen LogP contribution in [0.25, 0.3) is 4.83 Å². The topological polar surface area (TPSA) is 46.4 Å². The number of unbranched alkanes of at least 4 members (excludes halogenated alkanes) is 3. The fourth-order valence-corrected chi connectivity index (χ4v) is 23.6. The summed E-state index contributed by atoms with van der Waals surface area (Å²) in [6.45, 7) is 6.93. The van der Waals surface area contributed by atoms with E-state index in [0.717, 1.165) is 4.83 Å². The number of amides is 1. The van der Waals surface area contributed by atoms with Crippen molar-refractivity contribution in [1.29, 1.82) is 0 Å². The Balaban J connectivity index is 2.44. The van der Waals surface area contributed by atoms with Gasteiger partial charge in [-0.25, -0.2) is 0 Å². The van der Waals surface area contributed by atoms with Crippen molar-refractivity contribution in [3.05, 3.63) is 18.2 Å². The van der Waals surface area contributed by atoms with Crippen molar-refractivity contribution >= 4 is 43.3 Å². The summed E-state index contributed by atoms with van der Waals surface area (Å²) < 4.78 is 8.11. The first-order valence-corrected chi connectivity index (χ1v) is 18.1. The zero-order valence-electron chi connectivity index (χ0n) is 16.2. The Labute approximate surface area is 160 Å². The van der Waals surface area contributed by atoms with E-state index in [-0.39, 0.29) is 5.91 Å². The van der Waals surface area contributed by atoms with E-state index in [0.29, 0.717) is 5.69 Å². The Morgan fingerprint density at radius 3 is 2.16 bits per heavy atom. The van der Waals surface area contributed by atoms with Gasteiger partial charge in [0, 0.05) is 0 Å². The van der Waals surface area contributed by atoms with Gasteiger partial charge in [-0.15, -0.1) is 0 Å². The Kier molecular flexibility index (Phi) is 8.26. The number of hydrogen-bond donors (Lipinski definition) is 1. The predicted octanol–water partition coefficient (Wildman–Crippen LogP) is 4.81. The van der Waals surface area contributed by atoms with Crippen LogP contribution >= 0.6 is 11.3 Å². The molecule has 0 bridgehead atoms. The standard InChI is InChI=1S/C7H6N3OS.3C4H9.Sn/c1-8-6(11)5-7-10(4-9-5)2-3-12-7;3*1-3-4-2;/h2,4H,1H3,(H,8,11);3*1,3-4H2,2H3;. The predicted molar refractivity (Wildman–Crippen MR) is 111 cm³/mol. The first-order chi connectivity index (χ1) is 12.1. The molecule has 1 amide bonds. The van der Waals surface area contributed by atoms with Gasteiger partial charge in [-0.05, 0) is 0 Å². The number of nitrogens with zero attached hydrogens (tertiary/aromatic N) is 2. The van der Waals surface area contributed by atoms with Crippen LogP contribution in [0.1, 0.15) is 69.8 Å². The number of hydrogen-bond acceptors (Lipinski definition) is 3. The van der Waals surface area contributed by atoms with Crippen LogP contribution in [0, 0.1) is 0 Å². The number of thiazole rings is 1. The molecule has 140 valence electrons. The quantitative estimate of drug-likeness (QED) is 0.480. The molecule has 0 unspecified atom stereocenters. The molecule has 0 spiro atoms. The van der Waals surface area contributed by atoms with Gasteiger partial charge >= 0.3 is 161 Å². The molecule has 0 saturated heterocycles. The Morgan fingerprint density at radius 2 is 1.68 bits per heavy atom. The Bertz CT molecular complexity index is 658. The summed E-state index contributed by atoms with van der Waals surface area (Å²) in [6, 6.07) is 0. The van der Waals surface area contributed by atoms with Crippen molar-refractivity contribution in [3.63, 3.8) is 0 Å². The molecular formula is C19H33N3OSSn. The van der Waals surface area contributed by atoms with Crippen LogP contribution in [-0.2, 0) is 0 Å². The molecule has 0 saturated carbocycles. The average Bonchev–Trinajstić information content (AvgIpc) is 3.22. The Hall–Kier alpha value is -0.561. The molecule has 0 aliphatic carbocycles. The van der Waals surface area contributed by atoms with E-state index >= 15 is 0 Å². The molecule has 2 aromatic heterocycles. The summed E-state index contributed by atoms with van der Waals surface area (Å²) >= 11 is -0.550. The zero-order valence-corrected chi connectivity index (χ0v) is 19.9. The number of carbonyl (C=O) groups excluding carboxylic acids is 1. The number of imidazole rings is 1. The maximum atomic E-state index is 12.1. The first-order valence-electron chi connectivity index (χ1n) is 9.80. The van der Waals surface area contributed by atoms with E-state index in [4.69, 9.17) is 0 Å². The van der Waals surface area contributed by atoms with Crippen LogP contribution in [0.4, 0.5) is 0 Å². The summed E-state index contributed by atoms with van der Waals surface area (Å²) in [7, 11) is 1.68. The van der Waals surface area contributed by atoms with Crippen LogP contribution in [0.5, 0.6) is 0 Å². The first kappa shape index (κ1) is 20.7. The van der Waals surface area contributed by atoms with E-state index < -0.39 is 18.4 Å². The Morgan fingerprint density at radius 1 is 1.12 bits per heavy atom. The SMILES string of the molecule is CCC[CH2][Sn]([CH2]CCC)([CH2]CCC)[c]1cn2cnc(C(=O)NC)c2s1. The molecule has 0 atom stereocenters. The van der Waals surface area contributed by atoms with E-state index in [1.54, 1.807) is 9.94 Å². The summed E-state index contributed by atoms with van der Waals surface area (Å²) in [5.74, 6) is -0.0765. The molecule has 6 heteroatoms. The van der Waals surface area contributed by atoms with Gasteiger partial charge in [0.25, 0.3) is 0 Å². The monoisotopic (exact) mass is 471 g/mol. The number of nitrogens with one attached hydrogen (secondary N) is 1. The van der Waals surface area contributed by atoms with Crippen LogP contribution in [0.15, 0.2) is 12.5 Å². The van der Waals surface area contributed by atoms with Gasteiger partial charge in [-0.2, -0.15) is 0 Å². The molecule has 2 rings (SSSR count). The average molecular weight is 470 g/mol. The second-order valence-electron chi connectivity index (χ2n) is 7.07. The number of aromatic nitrogens is 2. The molecule has 0 aliphatic heterocycles. The third-order valence-electron chi connectivity index (χ3n) is 5.20. The molecule has 0 aromatic carbocycles. The van der Waals surface area contributed by atoms with E-state index in [9.17, 15) is 4.79 Å². The van der Waals surface area contributed by atoms with Crippen LogP contribution in [-0.4, -0.2) is 40.7 Å². The van der Waals surface area contributed by atoms with E-state index in [1.807, 2.05) is 17.7 Å². The molecule has 25 heavy (non-hydrogen) atoms. The second-order valence-corrected chi connectivity index (χ2v) is 22.3. The van der Waals surface area contributed by atoms with Gasteiger partial charge in [-0.1, -0.05) is 0 Å². The van der Waals surface area contributed by atoms with E-state index in [2.05, 4.69) is 41.7 Å². The van der Waals surface area contributed by atoms with Crippen molar-refractivity contribution in [2.45, 2.75) is 72.6 Å². The van der Waals surface area contributed by atoms with Gasteiger partial charge in [0.05, 0.1) is 0 Å². The number of carbonyl (C=O) groups is 1. The normalized spacial score (nSPS) is 12.0. The number of fused-ring (bicyclic) bond motifs is 1. The summed E-state index contributed by atoms with van der Waals surface area (Å²) in [6.07, 6.45) is 12.1. The fraction of sp³-hybridized carbons (Fsp3) is 0.684. The molecule has 2 aromatic rings. The van der Waals surface area contributed by atoms with Crippen molar-refractivity contribution in [2.75, 3.05) is 7.05 Å². The van der Waals surface area contributed by atoms with Crippen molar-refractivity contribution in [1.82, 2.24) is 14.7 Å². The van der Waals surface area contributed by atoms with Crippen molar-refractivity contribution < 1.29 is 4.79 Å². The van der Waals surface area contributed by atoms with Crippen molar-refractivity contribution in [3.8, 4) is 0 Å². The van der Waals surface area contributed by atoms with Gasteiger partial charge in [0.2, 0.25) is 0 Å². The van der Waals surface area contributed by atoms with Crippen LogP contribution in [0.2, 0.25) is 13.3 Å². The van der Waals surface area contributed by atoms with Crippen molar-refractivity contribution in [2.24, 2.45) is 0 Å². The van der Waals surface area contributed by atoms with Crippen LogP contribution < -0.4 is 8.21 Å². The van der Waals surface area contributed by atoms with E-state index in [1.165, 1.54) is 51.8 Å². The maximum absolute atomic E-state index is 12.1. The third-order valence-corrected chi connectivity index (χ3v) is 24.5. The third kappa shape index (κ3) is 4.79. The summed E-state index contributed by atoms with van der Waals surface area (Å²) in [4.78, 5) is 17.4. The molecule has 1 N–H and O–H groups in total. The number of rotatable bonds is 11. The van der Waals surface area contributed by atoms with Gasteiger partial charge < -0.3 is 0 Å². The molecule has 2 heterocycles. The van der Waals surface area contributed by atoms with Gasteiger partial charge in [-0.3, -0.25) is 0 Å². The summed E-state index contributed by atoms with van der Waals surface area (Å²) in [5, 5.41) is 2.72. The molecule has 0 aliphatic rings. The molecule has 0 fully saturated rings. The van der Waals surface area contributed by atoms with Gasteiger partial charge in [0.1, 0.15) is 0 Å². The zero-order chi connectivity index (χ0) is 18.3. The fourth-order valence-electron chi connectivity index (χ4n) is 3.61.